The number of hydrogen-bond donors (Lipinski definition) is 3. The Morgan fingerprint density at radius 3 is 2.91 bits per heavy atom. The van der Waals surface area contributed by atoms with Gasteiger partial charge in [0, 0.05) is 25.7 Å². The lowest BCUT2D eigenvalue weighted by Gasteiger charge is -2.37. The average Bonchev–Trinajstić information content (AvgIpc) is 2.84. The Morgan fingerprint density at radius 1 is 1.48 bits per heavy atom. The highest BCUT2D eigenvalue weighted by atomic mass is 16.5. The molecule has 2 fully saturated rings. The number of carbonyl (C=O) groups is 1. The van der Waals surface area contributed by atoms with Crippen molar-refractivity contribution in [3.05, 3.63) is 24.5 Å². The first-order chi connectivity index (χ1) is 11.1. The van der Waals surface area contributed by atoms with E-state index in [1.54, 1.807) is 24.5 Å². The lowest BCUT2D eigenvalue weighted by molar-refractivity contribution is -0.0348. The van der Waals surface area contributed by atoms with E-state index in [0.717, 1.165) is 0 Å². The quantitative estimate of drug-likeness (QED) is 0.678. The van der Waals surface area contributed by atoms with Crippen LogP contribution in [0.25, 0.3) is 0 Å². The maximum atomic E-state index is 11.3. The fourth-order valence-electron chi connectivity index (χ4n) is 3.37. The standard InChI is InChI=1S/C15H22N4O4/c16-15(21)18-11-8-12(23-10-2-1-3-17-9-10)14(20)13(11)19-4-6-22-7-5-19/h1-3,9,11-14,20H,4-8H2,(H3,16,18,21)/t11-,12-,13+,14+/m1/s1. The molecular formula is C15H22N4O4. The molecule has 0 bridgehead atoms. The molecule has 1 aliphatic heterocycles. The first-order valence-corrected chi connectivity index (χ1v) is 7.77. The van der Waals surface area contributed by atoms with Gasteiger partial charge in [0.2, 0.25) is 0 Å². The van der Waals surface area contributed by atoms with Gasteiger partial charge in [-0.1, -0.05) is 0 Å². The van der Waals surface area contributed by atoms with Gasteiger partial charge in [-0.25, -0.2) is 4.79 Å². The van der Waals surface area contributed by atoms with E-state index in [-0.39, 0.29) is 12.1 Å². The average molecular weight is 322 g/mol. The number of nitrogens with zero attached hydrogens (tertiary/aromatic N) is 2. The predicted molar refractivity (Wildman–Crippen MR) is 82.0 cm³/mol. The van der Waals surface area contributed by atoms with Crippen molar-refractivity contribution in [1.29, 1.82) is 0 Å². The molecule has 3 rings (SSSR count). The van der Waals surface area contributed by atoms with Crippen molar-refractivity contribution in [2.75, 3.05) is 26.3 Å². The number of urea groups is 1. The minimum Gasteiger partial charge on any atom is -0.486 e. The Hall–Kier alpha value is -1.90. The fraction of sp³-hybridized carbons (Fsp3) is 0.600. The predicted octanol–water partition coefficient (Wildman–Crippen LogP) is -0.669. The van der Waals surface area contributed by atoms with Crippen LogP contribution in [0.4, 0.5) is 4.79 Å². The minimum atomic E-state index is -0.731. The Kier molecular flexibility index (Phi) is 4.94. The summed E-state index contributed by atoms with van der Waals surface area (Å²) in [5.74, 6) is 0.594. The number of aromatic nitrogens is 1. The van der Waals surface area contributed by atoms with Crippen molar-refractivity contribution < 1.29 is 19.4 Å². The molecule has 0 spiro atoms. The van der Waals surface area contributed by atoms with Crippen LogP contribution in [0.3, 0.4) is 0 Å². The molecule has 8 nitrogen and oxygen atoms in total. The van der Waals surface area contributed by atoms with Crippen molar-refractivity contribution in [3.8, 4) is 5.75 Å². The number of rotatable bonds is 4. The molecule has 1 saturated heterocycles. The highest BCUT2D eigenvalue weighted by molar-refractivity contribution is 5.72. The normalized spacial score (nSPS) is 31.7. The molecule has 4 N–H and O–H groups in total. The number of nitrogens with one attached hydrogen (secondary N) is 1. The zero-order valence-electron chi connectivity index (χ0n) is 12.8. The molecule has 1 aromatic heterocycles. The molecule has 2 amide bonds. The summed E-state index contributed by atoms with van der Waals surface area (Å²) in [6.07, 6.45) is 2.59. The number of hydrogen-bond acceptors (Lipinski definition) is 6. The van der Waals surface area contributed by atoms with Crippen LogP contribution in [0.5, 0.6) is 5.75 Å². The first kappa shape index (κ1) is 16.0. The van der Waals surface area contributed by atoms with E-state index in [1.807, 2.05) is 0 Å². The van der Waals surface area contributed by atoms with Crippen LogP contribution in [0.15, 0.2) is 24.5 Å². The molecular weight excluding hydrogens is 300 g/mol. The molecule has 2 heterocycles. The Morgan fingerprint density at radius 2 is 2.26 bits per heavy atom. The summed E-state index contributed by atoms with van der Waals surface area (Å²) in [5.41, 5.74) is 5.28. The lowest BCUT2D eigenvalue weighted by Crippen LogP contribution is -2.57. The summed E-state index contributed by atoms with van der Waals surface area (Å²) in [6, 6.07) is 2.46. The van der Waals surface area contributed by atoms with E-state index in [4.69, 9.17) is 15.2 Å². The molecule has 23 heavy (non-hydrogen) atoms. The van der Waals surface area contributed by atoms with Crippen LogP contribution in [-0.4, -0.2) is 71.6 Å². The van der Waals surface area contributed by atoms with Gasteiger partial charge in [0.1, 0.15) is 18.0 Å². The molecule has 0 aromatic carbocycles. The lowest BCUT2D eigenvalue weighted by atomic mass is 10.1. The zero-order valence-corrected chi connectivity index (χ0v) is 12.8. The maximum Gasteiger partial charge on any atom is 0.312 e. The van der Waals surface area contributed by atoms with Gasteiger partial charge in [0.25, 0.3) is 0 Å². The number of aliphatic hydroxyl groups is 1. The SMILES string of the molecule is NC(=O)N[C@@H]1C[C@@H](Oc2cccnc2)[C@H](O)[C@H]1N1CCOCC1. The molecule has 4 atom stereocenters. The summed E-state index contributed by atoms with van der Waals surface area (Å²) in [4.78, 5) is 17.4. The van der Waals surface area contributed by atoms with E-state index in [9.17, 15) is 9.90 Å². The Bertz CT molecular complexity index is 523. The number of ether oxygens (including phenoxy) is 2. The highest BCUT2D eigenvalue weighted by Crippen LogP contribution is 2.29. The van der Waals surface area contributed by atoms with E-state index < -0.39 is 18.2 Å². The molecule has 1 saturated carbocycles. The van der Waals surface area contributed by atoms with Gasteiger partial charge in [-0.15, -0.1) is 0 Å². The summed E-state index contributed by atoms with van der Waals surface area (Å²) in [7, 11) is 0. The second kappa shape index (κ2) is 7.12. The van der Waals surface area contributed by atoms with Gasteiger partial charge in [0.15, 0.2) is 0 Å². The number of amides is 2. The van der Waals surface area contributed by atoms with Gasteiger partial charge in [-0.05, 0) is 12.1 Å². The van der Waals surface area contributed by atoms with Crippen molar-refractivity contribution in [3.63, 3.8) is 0 Å². The third kappa shape index (κ3) is 3.72. The van der Waals surface area contributed by atoms with E-state index in [1.165, 1.54) is 0 Å². The first-order valence-electron chi connectivity index (χ1n) is 7.77. The monoisotopic (exact) mass is 322 g/mol. The number of aliphatic hydroxyl groups excluding tert-OH is 1. The molecule has 0 unspecified atom stereocenters. The minimum absolute atomic E-state index is 0.243. The molecule has 126 valence electrons. The van der Waals surface area contributed by atoms with Crippen LogP contribution in [-0.2, 0) is 4.74 Å². The van der Waals surface area contributed by atoms with Crippen molar-refractivity contribution in [1.82, 2.24) is 15.2 Å². The largest absolute Gasteiger partial charge is 0.486 e. The smallest absolute Gasteiger partial charge is 0.312 e. The van der Waals surface area contributed by atoms with Gasteiger partial charge in [-0.2, -0.15) is 0 Å². The Labute approximate surface area is 134 Å². The number of morpholine rings is 1. The van der Waals surface area contributed by atoms with E-state index in [2.05, 4.69) is 15.2 Å². The molecule has 1 aromatic rings. The number of carbonyl (C=O) groups excluding carboxylic acids is 1. The Balaban J connectivity index is 1.73. The van der Waals surface area contributed by atoms with Crippen LogP contribution in [0.1, 0.15) is 6.42 Å². The summed E-state index contributed by atoms with van der Waals surface area (Å²) >= 11 is 0. The molecule has 8 heteroatoms. The third-order valence-corrected chi connectivity index (χ3v) is 4.35. The van der Waals surface area contributed by atoms with E-state index >= 15 is 0 Å². The van der Waals surface area contributed by atoms with Gasteiger partial charge in [0.05, 0.1) is 31.5 Å². The second-order valence-corrected chi connectivity index (χ2v) is 5.83. The van der Waals surface area contributed by atoms with Crippen LogP contribution in [0.2, 0.25) is 0 Å². The van der Waals surface area contributed by atoms with Crippen molar-refractivity contribution >= 4 is 6.03 Å². The second-order valence-electron chi connectivity index (χ2n) is 5.83. The van der Waals surface area contributed by atoms with Crippen molar-refractivity contribution in [2.45, 2.75) is 30.7 Å². The third-order valence-electron chi connectivity index (χ3n) is 4.35. The summed E-state index contributed by atoms with van der Waals surface area (Å²) in [6.45, 7) is 2.64. The van der Waals surface area contributed by atoms with Crippen molar-refractivity contribution in [2.24, 2.45) is 5.73 Å². The zero-order chi connectivity index (χ0) is 16.2. The van der Waals surface area contributed by atoms with Gasteiger partial charge >= 0.3 is 6.03 Å². The summed E-state index contributed by atoms with van der Waals surface area (Å²) < 4.78 is 11.2. The van der Waals surface area contributed by atoms with Gasteiger partial charge < -0.3 is 25.6 Å². The number of pyridine rings is 1. The maximum absolute atomic E-state index is 11.3. The van der Waals surface area contributed by atoms with E-state index in [0.29, 0.717) is 38.5 Å². The molecule has 2 aliphatic rings. The fourth-order valence-corrected chi connectivity index (χ4v) is 3.37. The molecule has 1 aliphatic carbocycles. The summed E-state index contributed by atoms with van der Waals surface area (Å²) in [5, 5.41) is 13.5. The molecule has 0 radical (unpaired) electrons. The number of nitrogens with two attached hydrogens (primary N) is 1. The van der Waals surface area contributed by atoms with Gasteiger partial charge in [-0.3, -0.25) is 9.88 Å². The van der Waals surface area contributed by atoms with Crippen LogP contribution >= 0.6 is 0 Å². The number of primary amides is 1. The highest BCUT2D eigenvalue weighted by Gasteiger charge is 2.47. The van der Waals surface area contributed by atoms with Crippen LogP contribution < -0.4 is 15.8 Å². The topological polar surface area (TPSA) is 110 Å². The van der Waals surface area contributed by atoms with Crippen LogP contribution in [0, 0.1) is 0 Å².